The summed E-state index contributed by atoms with van der Waals surface area (Å²) in [4.78, 5) is 48.5. The van der Waals surface area contributed by atoms with Crippen LogP contribution in [0.5, 0.6) is 0 Å². The number of aromatic nitrogens is 3. The van der Waals surface area contributed by atoms with Crippen molar-refractivity contribution in [3.05, 3.63) is 89.5 Å². The van der Waals surface area contributed by atoms with Crippen LogP contribution in [-0.4, -0.2) is 38.3 Å². The van der Waals surface area contributed by atoms with Crippen molar-refractivity contribution in [2.75, 3.05) is 16.0 Å². The van der Waals surface area contributed by atoms with E-state index in [-0.39, 0.29) is 105 Å². The molecule has 1 heterocycles. The number of amides is 1. The van der Waals surface area contributed by atoms with E-state index in [2.05, 4.69) is 36.2 Å². The van der Waals surface area contributed by atoms with Gasteiger partial charge in [0.15, 0.2) is 0 Å². The molecule has 1 amide bonds. The fraction of sp³-hybridized carbons (Fsp3) is 0.143. The Morgan fingerprint density at radius 2 is 1.02 bits per heavy atom. The van der Waals surface area contributed by atoms with E-state index in [1.807, 2.05) is 20.8 Å². The van der Waals surface area contributed by atoms with E-state index in [9.17, 15) is 24.6 Å². The molecule has 0 atom stereocenters. The molecular formula is C28H25N7Na2O5. The largest absolute Gasteiger partial charge is 1.00 e. The third-order valence-corrected chi connectivity index (χ3v) is 5.31. The SMILES string of the molecule is CC(C)(C)NC(=O)c1ccc(Nc2nc(Nc3ccccc3C(=O)[O-])nc(Nc3ccccc3C(=O)[O-])n2)cc1.[Na+].[Na+]. The third kappa shape index (κ3) is 9.51. The standard InChI is InChI=1S/C28H27N7O5.2Na/c1-28(2,3)35-22(36)16-12-14-17(15-13-16)29-25-32-26(30-20-10-6-4-8-18(20)23(37)38)34-27(33-25)31-21-11-7-5-9-19(21)24(39)40;;/h4-15H,1-3H3,(H,35,36)(H,37,38)(H,39,40)(H3,29,30,31,32,33,34);;/q;2*+1/p-2. The average Bonchev–Trinajstić information content (AvgIpc) is 2.88. The number of nitrogens with zero attached hydrogens (tertiary/aromatic N) is 3. The van der Waals surface area contributed by atoms with Gasteiger partial charge in [-0.3, -0.25) is 4.79 Å². The fourth-order valence-corrected chi connectivity index (χ4v) is 3.57. The van der Waals surface area contributed by atoms with E-state index in [0.717, 1.165) is 0 Å². The topological polar surface area (TPSA) is 184 Å². The van der Waals surface area contributed by atoms with E-state index in [0.29, 0.717) is 11.3 Å². The zero-order chi connectivity index (χ0) is 28.9. The van der Waals surface area contributed by atoms with Crippen molar-refractivity contribution in [3.8, 4) is 0 Å². The predicted molar refractivity (Wildman–Crippen MR) is 145 cm³/mol. The first-order chi connectivity index (χ1) is 19.0. The van der Waals surface area contributed by atoms with Crippen LogP contribution in [0.4, 0.5) is 34.9 Å². The molecule has 0 radical (unpaired) electrons. The number of hydrogen-bond acceptors (Lipinski definition) is 11. The van der Waals surface area contributed by atoms with Crippen molar-refractivity contribution >= 4 is 52.8 Å². The first-order valence-corrected chi connectivity index (χ1v) is 12.1. The van der Waals surface area contributed by atoms with Gasteiger partial charge in [0.05, 0.1) is 11.9 Å². The molecule has 0 aliphatic rings. The molecule has 42 heavy (non-hydrogen) atoms. The van der Waals surface area contributed by atoms with Crippen LogP contribution < -0.4 is 90.6 Å². The molecule has 0 saturated heterocycles. The Kier molecular flexibility index (Phi) is 12.5. The van der Waals surface area contributed by atoms with Crippen molar-refractivity contribution in [2.45, 2.75) is 26.3 Å². The van der Waals surface area contributed by atoms with Crippen LogP contribution in [-0.2, 0) is 0 Å². The summed E-state index contributed by atoms with van der Waals surface area (Å²) in [7, 11) is 0. The number of carbonyl (C=O) groups is 3. The zero-order valence-electron chi connectivity index (χ0n) is 23.8. The van der Waals surface area contributed by atoms with Gasteiger partial charge in [0.25, 0.3) is 5.91 Å². The van der Waals surface area contributed by atoms with Crippen molar-refractivity contribution < 1.29 is 83.7 Å². The second-order valence-electron chi connectivity index (χ2n) is 9.63. The maximum absolute atomic E-state index is 12.4. The Labute approximate surface area is 286 Å². The quantitative estimate of drug-likeness (QED) is 0.142. The molecule has 0 unspecified atom stereocenters. The normalized spacial score (nSPS) is 10.4. The number of hydrogen-bond donors (Lipinski definition) is 4. The summed E-state index contributed by atoms with van der Waals surface area (Å²) in [5, 5.41) is 34.7. The molecule has 4 aromatic rings. The predicted octanol–water partition coefficient (Wildman–Crippen LogP) is -3.63. The van der Waals surface area contributed by atoms with Gasteiger partial charge in [0.1, 0.15) is 0 Å². The van der Waals surface area contributed by atoms with Gasteiger partial charge in [0, 0.05) is 39.3 Å². The smallest absolute Gasteiger partial charge is 0.545 e. The summed E-state index contributed by atoms with van der Waals surface area (Å²) >= 11 is 0. The number of benzene rings is 3. The minimum atomic E-state index is -1.40. The molecule has 0 spiro atoms. The second-order valence-corrected chi connectivity index (χ2v) is 9.63. The van der Waals surface area contributed by atoms with Gasteiger partial charge in [-0.15, -0.1) is 0 Å². The number of carboxylic acids is 2. The van der Waals surface area contributed by atoms with Crippen LogP contribution in [0.3, 0.4) is 0 Å². The van der Waals surface area contributed by atoms with Crippen molar-refractivity contribution in [3.63, 3.8) is 0 Å². The Morgan fingerprint density at radius 1 is 0.619 bits per heavy atom. The van der Waals surface area contributed by atoms with Gasteiger partial charge in [-0.25, -0.2) is 0 Å². The molecule has 4 rings (SSSR count). The minimum Gasteiger partial charge on any atom is -0.545 e. The first kappa shape index (κ1) is 34.7. The van der Waals surface area contributed by atoms with E-state index in [4.69, 9.17) is 0 Å². The first-order valence-electron chi connectivity index (χ1n) is 12.1. The number of rotatable bonds is 9. The van der Waals surface area contributed by atoms with Gasteiger partial charge in [0.2, 0.25) is 17.8 Å². The van der Waals surface area contributed by atoms with Crippen LogP contribution in [0.2, 0.25) is 0 Å². The van der Waals surface area contributed by atoms with Crippen molar-refractivity contribution in [1.29, 1.82) is 0 Å². The van der Waals surface area contributed by atoms with Gasteiger partial charge in [-0.1, -0.05) is 36.4 Å². The minimum absolute atomic E-state index is 0. The summed E-state index contributed by atoms with van der Waals surface area (Å²) in [5.41, 5.74) is 0.733. The van der Waals surface area contributed by atoms with Crippen molar-refractivity contribution in [2.24, 2.45) is 0 Å². The van der Waals surface area contributed by atoms with Crippen molar-refractivity contribution in [1.82, 2.24) is 20.3 Å². The molecule has 0 saturated carbocycles. The molecule has 0 aliphatic carbocycles. The molecule has 0 fully saturated rings. The number of carboxylic acid groups (broad SMARTS) is 2. The van der Waals surface area contributed by atoms with Gasteiger partial charge in [-0.2, -0.15) is 15.0 Å². The van der Waals surface area contributed by atoms with Crippen LogP contribution >= 0.6 is 0 Å². The summed E-state index contributed by atoms with van der Waals surface area (Å²) in [6, 6.07) is 18.7. The van der Waals surface area contributed by atoms with Crippen LogP contribution in [0.15, 0.2) is 72.8 Å². The van der Waals surface area contributed by atoms with E-state index < -0.39 is 17.5 Å². The number of para-hydroxylation sites is 2. The van der Waals surface area contributed by atoms with Gasteiger partial charge < -0.3 is 41.1 Å². The number of anilines is 6. The maximum Gasteiger partial charge on any atom is 1.00 e. The Morgan fingerprint density at radius 3 is 1.43 bits per heavy atom. The monoisotopic (exact) mass is 585 g/mol. The Bertz CT molecular complexity index is 1500. The van der Waals surface area contributed by atoms with E-state index >= 15 is 0 Å². The van der Waals surface area contributed by atoms with E-state index in [1.165, 1.54) is 24.3 Å². The third-order valence-electron chi connectivity index (χ3n) is 5.31. The molecule has 204 valence electrons. The van der Waals surface area contributed by atoms with Gasteiger partial charge in [-0.05, 0) is 57.2 Å². The van der Waals surface area contributed by atoms with Crippen LogP contribution in [0.25, 0.3) is 0 Å². The molecule has 3 aromatic carbocycles. The zero-order valence-corrected chi connectivity index (χ0v) is 27.8. The summed E-state index contributed by atoms with van der Waals surface area (Å²) in [6.45, 7) is 5.65. The number of carbonyl (C=O) groups excluding carboxylic acids is 3. The average molecular weight is 586 g/mol. The number of aromatic carboxylic acids is 2. The maximum atomic E-state index is 12.4. The van der Waals surface area contributed by atoms with E-state index in [1.54, 1.807) is 48.5 Å². The Balaban J connectivity index is 0.00000308. The van der Waals surface area contributed by atoms with Crippen LogP contribution in [0, 0.1) is 0 Å². The molecule has 0 aliphatic heterocycles. The molecule has 14 heteroatoms. The van der Waals surface area contributed by atoms with Gasteiger partial charge >= 0.3 is 59.1 Å². The molecule has 12 nitrogen and oxygen atoms in total. The van der Waals surface area contributed by atoms with Crippen LogP contribution in [0.1, 0.15) is 51.8 Å². The summed E-state index contributed by atoms with van der Waals surface area (Å²) < 4.78 is 0. The number of nitrogens with one attached hydrogen (secondary N) is 4. The fourth-order valence-electron chi connectivity index (χ4n) is 3.57. The molecule has 4 N–H and O–H groups in total. The molecule has 1 aromatic heterocycles. The summed E-state index contributed by atoms with van der Waals surface area (Å²) in [5.74, 6) is -3.06. The Hall–Kier alpha value is -3.52. The summed E-state index contributed by atoms with van der Waals surface area (Å²) in [6.07, 6.45) is 0. The molecular weight excluding hydrogens is 560 g/mol. The molecule has 0 bridgehead atoms. The second kappa shape index (κ2) is 15.1.